The van der Waals surface area contributed by atoms with E-state index in [-0.39, 0.29) is 12.3 Å². The van der Waals surface area contributed by atoms with Gasteiger partial charge in [-0.3, -0.25) is 0 Å². The molecule has 2 unspecified atom stereocenters. The molecule has 0 nitrogen and oxygen atoms in total. The third-order valence-electron chi connectivity index (χ3n) is 3.62. The van der Waals surface area contributed by atoms with Gasteiger partial charge in [-0.1, -0.05) is 52.4 Å². The van der Waals surface area contributed by atoms with E-state index < -0.39 is 5.92 Å². The fourth-order valence-electron chi connectivity index (χ4n) is 2.28. The third kappa shape index (κ3) is 4.48. The van der Waals surface area contributed by atoms with E-state index >= 15 is 0 Å². The van der Waals surface area contributed by atoms with Crippen LogP contribution in [0.1, 0.15) is 65.2 Å². The Morgan fingerprint density at radius 1 is 1.20 bits per heavy atom. The lowest BCUT2D eigenvalue weighted by Gasteiger charge is -2.13. The number of hydrogen-bond donors (Lipinski definition) is 0. The first-order valence-corrected chi connectivity index (χ1v) is 6.48. The Labute approximate surface area is 92.4 Å². The van der Waals surface area contributed by atoms with Crippen LogP contribution in [0.3, 0.4) is 0 Å². The molecule has 0 aliphatic heterocycles. The average molecular weight is 218 g/mol. The number of alkyl halides is 2. The molecule has 2 heteroatoms. The zero-order valence-corrected chi connectivity index (χ0v) is 10.1. The maximum absolute atomic E-state index is 12.7. The van der Waals surface area contributed by atoms with Gasteiger partial charge >= 0.3 is 0 Å². The zero-order valence-electron chi connectivity index (χ0n) is 10.1. The molecule has 1 saturated carbocycles. The van der Waals surface area contributed by atoms with Gasteiger partial charge in [-0.15, -0.1) is 0 Å². The molecule has 0 N–H and O–H groups in total. The van der Waals surface area contributed by atoms with Gasteiger partial charge in [0, 0.05) is 12.3 Å². The van der Waals surface area contributed by atoms with E-state index in [4.69, 9.17) is 0 Å². The standard InChI is InChI=1S/C13H24F2/c1-3-5-6-7-8-11(4-2)9-12-10-13(12,14)15/h11-12H,3-10H2,1-2H3. The molecule has 0 aromatic carbocycles. The van der Waals surface area contributed by atoms with Crippen molar-refractivity contribution in [1.29, 1.82) is 0 Å². The second-order valence-electron chi connectivity index (χ2n) is 5.02. The Balaban J connectivity index is 2.08. The van der Waals surface area contributed by atoms with Crippen LogP contribution in [0.25, 0.3) is 0 Å². The minimum atomic E-state index is -2.31. The fraction of sp³-hybridized carbons (Fsp3) is 1.00. The van der Waals surface area contributed by atoms with Crippen LogP contribution in [0.4, 0.5) is 8.78 Å². The van der Waals surface area contributed by atoms with Gasteiger partial charge in [0.15, 0.2) is 0 Å². The first-order chi connectivity index (χ1) is 7.10. The number of hydrogen-bond acceptors (Lipinski definition) is 0. The Bertz CT molecular complexity index is 177. The molecule has 1 rings (SSSR count). The van der Waals surface area contributed by atoms with E-state index in [0.717, 1.165) is 19.3 Å². The molecule has 0 aromatic heterocycles. The summed E-state index contributed by atoms with van der Waals surface area (Å²) in [6.45, 7) is 4.33. The van der Waals surface area contributed by atoms with Crippen LogP contribution in [-0.4, -0.2) is 5.92 Å². The second kappa shape index (κ2) is 5.81. The lowest BCUT2D eigenvalue weighted by molar-refractivity contribution is 0.0921. The highest BCUT2D eigenvalue weighted by molar-refractivity contribution is 4.95. The van der Waals surface area contributed by atoms with Crippen molar-refractivity contribution in [3.05, 3.63) is 0 Å². The maximum atomic E-state index is 12.7. The molecular formula is C13H24F2. The van der Waals surface area contributed by atoms with Crippen molar-refractivity contribution in [3.63, 3.8) is 0 Å². The first kappa shape index (κ1) is 12.9. The van der Waals surface area contributed by atoms with Crippen molar-refractivity contribution in [3.8, 4) is 0 Å². The number of rotatable bonds is 8. The van der Waals surface area contributed by atoms with Gasteiger partial charge in [0.05, 0.1) is 0 Å². The summed E-state index contributed by atoms with van der Waals surface area (Å²) in [6.07, 6.45) is 8.17. The van der Waals surface area contributed by atoms with E-state index in [0.29, 0.717) is 5.92 Å². The Kier molecular flexibility index (Phi) is 5.01. The summed E-state index contributed by atoms with van der Waals surface area (Å²) in [5.74, 6) is -2.05. The van der Waals surface area contributed by atoms with Crippen LogP contribution >= 0.6 is 0 Å². The minimum absolute atomic E-state index is 0.151. The second-order valence-corrected chi connectivity index (χ2v) is 5.02. The van der Waals surface area contributed by atoms with Crippen molar-refractivity contribution in [2.45, 2.75) is 71.1 Å². The molecule has 0 heterocycles. The summed E-state index contributed by atoms with van der Waals surface area (Å²) in [5, 5.41) is 0. The molecule has 0 saturated heterocycles. The molecule has 1 fully saturated rings. The highest BCUT2D eigenvalue weighted by Gasteiger charge is 2.56. The topological polar surface area (TPSA) is 0 Å². The predicted molar refractivity (Wildman–Crippen MR) is 60.2 cm³/mol. The molecule has 0 bridgehead atoms. The van der Waals surface area contributed by atoms with E-state index in [9.17, 15) is 8.78 Å². The van der Waals surface area contributed by atoms with Gasteiger partial charge in [-0.2, -0.15) is 0 Å². The van der Waals surface area contributed by atoms with Crippen LogP contribution in [0.15, 0.2) is 0 Å². The lowest BCUT2D eigenvalue weighted by atomic mass is 9.93. The van der Waals surface area contributed by atoms with Gasteiger partial charge in [-0.05, 0) is 12.3 Å². The highest BCUT2D eigenvalue weighted by Crippen LogP contribution is 2.52. The van der Waals surface area contributed by atoms with Crippen molar-refractivity contribution < 1.29 is 8.78 Å². The average Bonchev–Trinajstić information content (AvgIpc) is 2.79. The van der Waals surface area contributed by atoms with Gasteiger partial charge < -0.3 is 0 Å². The Hall–Kier alpha value is -0.140. The zero-order chi connectivity index (χ0) is 11.3. The number of unbranched alkanes of at least 4 members (excludes halogenated alkanes) is 3. The van der Waals surface area contributed by atoms with Gasteiger partial charge in [0.1, 0.15) is 0 Å². The van der Waals surface area contributed by atoms with Crippen LogP contribution in [0.2, 0.25) is 0 Å². The fourth-order valence-corrected chi connectivity index (χ4v) is 2.28. The third-order valence-corrected chi connectivity index (χ3v) is 3.62. The quantitative estimate of drug-likeness (QED) is 0.501. The summed E-state index contributed by atoms with van der Waals surface area (Å²) in [7, 11) is 0. The molecule has 0 aromatic rings. The Morgan fingerprint density at radius 3 is 2.33 bits per heavy atom. The van der Waals surface area contributed by atoms with Gasteiger partial charge in [-0.25, -0.2) is 8.78 Å². The molecule has 2 atom stereocenters. The molecule has 1 aliphatic carbocycles. The van der Waals surface area contributed by atoms with Crippen LogP contribution < -0.4 is 0 Å². The maximum Gasteiger partial charge on any atom is 0.251 e. The lowest BCUT2D eigenvalue weighted by Crippen LogP contribution is -2.04. The van der Waals surface area contributed by atoms with Crippen LogP contribution in [-0.2, 0) is 0 Å². The van der Waals surface area contributed by atoms with E-state index in [1.165, 1.54) is 25.7 Å². The first-order valence-electron chi connectivity index (χ1n) is 6.48. The molecule has 0 amide bonds. The summed E-state index contributed by atoms with van der Waals surface area (Å²) in [4.78, 5) is 0. The SMILES string of the molecule is CCCCCCC(CC)CC1CC1(F)F. The van der Waals surface area contributed by atoms with Crippen molar-refractivity contribution >= 4 is 0 Å². The molecule has 0 spiro atoms. The van der Waals surface area contributed by atoms with Crippen LogP contribution in [0, 0.1) is 11.8 Å². The monoisotopic (exact) mass is 218 g/mol. The number of halogens is 2. The van der Waals surface area contributed by atoms with Gasteiger partial charge in [0.2, 0.25) is 0 Å². The van der Waals surface area contributed by atoms with E-state index in [1.807, 2.05) is 0 Å². The largest absolute Gasteiger partial charge is 0.251 e. The molecule has 15 heavy (non-hydrogen) atoms. The highest BCUT2D eigenvalue weighted by atomic mass is 19.3. The van der Waals surface area contributed by atoms with Crippen molar-refractivity contribution in [2.75, 3.05) is 0 Å². The van der Waals surface area contributed by atoms with E-state index in [2.05, 4.69) is 13.8 Å². The van der Waals surface area contributed by atoms with Gasteiger partial charge in [0.25, 0.3) is 5.92 Å². The molecule has 0 radical (unpaired) electrons. The summed E-state index contributed by atoms with van der Waals surface area (Å²) in [5.41, 5.74) is 0. The molecule has 1 aliphatic rings. The summed E-state index contributed by atoms with van der Waals surface area (Å²) >= 11 is 0. The van der Waals surface area contributed by atoms with Crippen molar-refractivity contribution in [1.82, 2.24) is 0 Å². The summed E-state index contributed by atoms with van der Waals surface area (Å²) in [6, 6.07) is 0. The Morgan fingerprint density at radius 2 is 1.87 bits per heavy atom. The molecular weight excluding hydrogens is 194 g/mol. The summed E-state index contributed by atoms with van der Waals surface area (Å²) < 4.78 is 25.5. The normalized spacial score (nSPS) is 25.2. The minimum Gasteiger partial charge on any atom is -0.207 e. The smallest absolute Gasteiger partial charge is 0.207 e. The van der Waals surface area contributed by atoms with E-state index in [1.54, 1.807) is 0 Å². The van der Waals surface area contributed by atoms with Crippen molar-refractivity contribution in [2.24, 2.45) is 11.8 Å². The predicted octanol–water partition coefficient (Wildman–Crippen LogP) is 5.03. The molecule has 90 valence electrons. The van der Waals surface area contributed by atoms with Crippen LogP contribution in [0.5, 0.6) is 0 Å².